The second-order valence-electron chi connectivity index (χ2n) is 8.17. The number of rotatable bonds is 12. The van der Waals surface area contributed by atoms with Crippen molar-refractivity contribution in [3.05, 3.63) is 36.0 Å². The fourth-order valence-corrected chi connectivity index (χ4v) is 3.21. The Kier molecular flexibility index (Phi) is 9.13. The minimum absolute atomic E-state index is 0.0675. The standard InChI is InChI=1S/C22H29N5O7/c1-11(2)19(23)21(32)25-10-17(28)26-15(8-18(29)30)20(31)27-16(22(33)34)7-12-9-24-14-6-4-3-5-13(12)14/h3-6,9,11,15-16,19,24H,7-8,10,23H2,1-2H3,(H,25,32)(H,26,28)(H,27,31)(H,29,30)(H,33,34). The van der Waals surface area contributed by atoms with Gasteiger partial charge in [-0.15, -0.1) is 0 Å². The third kappa shape index (κ3) is 7.30. The van der Waals surface area contributed by atoms with E-state index in [9.17, 15) is 29.1 Å². The molecule has 12 nitrogen and oxygen atoms in total. The number of carbonyl (C=O) groups excluding carboxylic acids is 3. The van der Waals surface area contributed by atoms with Crippen LogP contribution in [0.2, 0.25) is 0 Å². The molecule has 2 aromatic rings. The zero-order valence-electron chi connectivity index (χ0n) is 18.8. The molecule has 0 radical (unpaired) electrons. The van der Waals surface area contributed by atoms with Crippen molar-refractivity contribution in [3.8, 4) is 0 Å². The summed E-state index contributed by atoms with van der Waals surface area (Å²) in [6.07, 6.45) is 0.784. The van der Waals surface area contributed by atoms with Crippen LogP contribution in [0.5, 0.6) is 0 Å². The Morgan fingerprint density at radius 2 is 1.68 bits per heavy atom. The zero-order chi connectivity index (χ0) is 25.4. The minimum Gasteiger partial charge on any atom is -0.481 e. The van der Waals surface area contributed by atoms with Gasteiger partial charge >= 0.3 is 11.9 Å². The molecule has 0 aliphatic heterocycles. The quantitative estimate of drug-likeness (QED) is 0.209. The number of aromatic amines is 1. The molecular formula is C22H29N5O7. The highest BCUT2D eigenvalue weighted by Crippen LogP contribution is 2.19. The number of carboxylic acids is 2. The molecule has 34 heavy (non-hydrogen) atoms. The van der Waals surface area contributed by atoms with Crippen molar-refractivity contribution in [1.82, 2.24) is 20.9 Å². The molecule has 0 aliphatic carbocycles. The van der Waals surface area contributed by atoms with E-state index in [0.29, 0.717) is 5.56 Å². The lowest BCUT2D eigenvalue weighted by atomic mass is 10.0. The normalized spacial score (nSPS) is 13.6. The van der Waals surface area contributed by atoms with E-state index < -0.39 is 60.8 Å². The van der Waals surface area contributed by atoms with E-state index in [1.54, 1.807) is 32.2 Å². The van der Waals surface area contributed by atoms with Gasteiger partial charge in [0.2, 0.25) is 17.7 Å². The number of nitrogens with two attached hydrogens (primary N) is 1. The molecule has 0 aliphatic rings. The van der Waals surface area contributed by atoms with Crippen LogP contribution in [-0.2, 0) is 30.4 Å². The maximum atomic E-state index is 12.7. The monoisotopic (exact) mass is 475 g/mol. The average molecular weight is 476 g/mol. The first-order valence-electron chi connectivity index (χ1n) is 10.6. The van der Waals surface area contributed by atoms with E-state index in [1.165, 1.54) is 0 Å². The number of carbonyl (C=O) groups is 5. The maximum absolute atomic E-state index is 12.7. The van der Waals surface area contributed by atoms with Crippen LogP contribution in [0, 0.1) is 5.92 Å². The number of hydrogen-bond acceptors (Lipinski definition) is 6. The van der Waals surface area contributed by atoms with Gasteiger partial charge in [0, 0.05) is 23.5 Å². The first kappa shape index (κ1) is 26.3. The highest BCUT2D eigenvalue weighted by Gasteiger charge is 2.29. The van der Waals surface area contributed by atoms with Crippen LogP contribution in [0.1, 0.15) is 25.8 Å². The topological polar surface area (TPSA) is 204 Å². The smallest absolute Gasteiger partial charge is 0.326 e. The van der Waals surface area contributed by atoms with Crippen molar-refractivity contribution in [2.75, 3.05) is 6.54 Å². The first-order chi connectivity index (χ1) is 16.0. The number of amides is 3. The maximum Gasteiger partial charge on any atom is 0.326 e. The third-order valence-electron chi connectivity index (χ3n) is 5.19. The van der Waals surface area contributed by atoms with Gasteiger partial charge in [-0.1, -0.05) is 32.0 Å². The van der Waals surface area contributed by atoms with E-state index in [4.69, 9.17) is 10.8 Å². The number of aliphatic carboxylic acids is 2. The first-order valence-corrected chi connectivity index (χ1v) is 10.6. The fourth-order valence-electron chi connectivity index (χ4n) is 3.21. The molecule has 0 bridgehead atoms. The van der Waals surface area contributed by atoms with Crippen LogP contribution < -0.4 is 21.7 Å². The summed E-state index contributed by atoms with van der Waals surface area (Å²) in [5.41, 5.74) is 7.13. The molecule has 1 aromatic heterocycles. The summed E-state index contributed by atoms with van der Waals surface area (Å²) < 4.78 is 0. The summed E-state index contributed by atoms with van der Waals surface area (Å²) in [7, 11) is 0. The number of para-hydroxylation sites is 1. The number of H-pyrrole nitrogens is 1. The molecule has 0 saturated carbocycles. The molecule has 1 aromatic carbocycles. The molecule has 3 unspecified atom stereocenters. The highest BCUT2D eigenvalue weighted by molar-refractivity contribution is 5.94. The number of hydrogen-bond donors (Lipinski definition) is 7. The molecule has 2 rings (SSSR count). The molecule has 0 spiro atoms. The predicted octanol–water partition coefficient (Wildman–Crippen LogP) is -0.661. The summed E-state index contributed by atoms with van der Waals surface area (Å²) in [5.74, 6) is -5.25. The fraction of sp³-hybridized carbons (Fsp3) is 0.409. The zero-order valence-corrected chi connectivity index (χ0v) is 18.8. The van der Waals surface area contributed by atoms with Crippen LogP contribution in [0.15, 0.2) is 30.5 Å². The lowest BCUT2D eigenvalue weighted by molar-refractivity contribution is -0.143. The average Bonchev–Trinajstić information content (AvgIpc) is 3.18. The second-order valence-corrected chi connectivity index (χ2v) is 8.17. The minimum atomic E-state index is -1.55. The van der Waals surface area contributed by atoms with Crippen molar-refractivity contribution in [1.29, 1.82) is 0 Å². The van der Waals surface area contributed by atoms with Crippen molar-refractivity contribution >= 4 is 40.6 Å². The predicted molar refractivity (Wildman–Crippen MR) is 122 cm³/mol. The Labute approximate surface area is 195 Å². The van der Waals surface area contributed by atoms with Crippen molar-refractivity contribution in [2.24, 2.45) is 11.7 Å². The lowest BCUT2D eigenvalue weighted by Gasteiger charge is -2.21. The van der Waals surface area contributed by atoms with E-state index >= 15 is 0 Å². The second kappa shape index (κ2) is 11.8. The van der Waals surface area contributed by atoms with E-state index in [1.807, 2.05) is 12.1 Å². The number of aromatic nitrogens is 1. The largest absolute Gasteiger partial charge is 0.481 e. The Morgan fingerprint density at radius 3 is 2.29 bits per heavy atom. The Morgan fingerprint density at radius 1 is 1.00 bits per heavy atom. The molecule has 184 valence electrons. The van der Waals surface area contributed by atoms with Gasteiger partial charge < -0.3 is 36.9 Å². The molecular weight excluding hydrogens is 446 g/mol. The van der Waals surface area contributed by atoms with Crippen LogP contribution in [-0.4, -0.2) is 69.5 Å². The van der Waals surface area contributed by atoms with Gasteiger partial charge in [-0.05, 0) is 17.5 Å². The lowest BCUT2D eigenvalue weighted by Crippen LogP contribution is -2.55. The Hall–Kier alpha value is -3.93. The summed E-state index contributed by atoms with van der Waals surface area (Å²) in [6.45, 7) is 2.93. The van der Waals surface area contributed by atoms with Crippen LogP contribution >= 0.6 is 0 Å². The van der Waals surface area contributed by atoms with Gasteiger partial charge in [-0.3, -0.25) is 19.2 Å². The molecule has 0 fully saturated rings. The van der Waals surface area contributed by atoms with Crippen LogP contribution in [0.25, 0.3) is 10.9 Å². The molecule has 3 amide bonds. The summed E-state index contributed by atoms with van der Waals surface area (Å²) in [6, 6.07) is 3.46. The number of nitrogens with one attached hydrogen (secondary N) is 4. The summed E-state index contributed by atoms with van der Waals surface area (Å²) in [4.78, 5) is 62.8. The van der Waals surface area contributed by atoms with Crippen molar-refractivity contribution in [2.45, 2.75) is 44.8 Å². The van der Waals surface area contributed by atoms with Crippen molar-refractivity contribution in [3.63, 3.8) is 0 Å². The van der Waals surface area contributed by atoms with Gasteiger partial charge in [-0.25, -0.2) is 4.79 Å². The highest BCUT2D eigenvalue weighted by atomic mass is 16.4. The SMILES string of the molecule is CC(C)C(N)C(=O)NCC(=O)NC(CC(=O)O)C(=O)NC(Cc1c[nH]c2ccccc12)C(=O)O. The van der Waals surface area contributed by atoms with Gasteiger partial charge in [-0.2, -0.15) is 0 Å². The molecule has 8 N–H and O–H groups in total. The number of fused-ring (bicyclic) bond motifs is 1. The van der Waals surface area contributed by atoms with Gasteiger partial charge in [0.1, 0.15) is 12.1 Å². The Balaban J connectivity index is 2.05. The van der Waals surface area contributed by atoms with E-state index in [0.717, 1.165) is 10.9 Å². The molecule has 3 atom stereocenters. The van der Waals surface area contributed by atoms with Crippen LogP contribution in [0.3, 0.4) is 0 Å². The molecule has 12 heteroatoms. The van der Waals surface area contributed by atoms with Crippen LogP contribution in [0.4, 0.5) is 0 Å². The summed E-state index contributed by atoms with van der Waals surface area (Å²) >= 11 is 0. The van der Waals surface area contributed by atoms with Gasteiger partial charge in [0.25, 0.3) is 0 Å². The van der Waals surface area contributed by atoms with E-state index in [-0.39, 0.29) is 12.3 Å². The molecule has 1 heterocycles. The van der Waals surface area contributed by atoms with Gasteiger partial charge in [0.05, 0.1) is 19.0 Å². The Bertz CT molecular complexity index is 1060. The van der Waals surface area contributed by atoms with E-state index in [2.05, 4.69) is 20.9 Å². The number of benzene rings is 1. The molecule has 0 saturated heterocycles. The van der Waals surface area contributed by atoms with Crippen molar-refractivity contribution < 1.29 is 34.2 Å². The number of carboxylic acid groups (broad SMARTS) is 2. The third-order valence-corrected chi connectivity index (χ3v) is 5.19. The summed E-state index contributed by atoms with van der Waals surface area (Å²) in [5, 5.41) is 26.3. The van der Waals surface area contributed by atoms with Gasteiger partial charge in [0.15, 0.2) is 0 Å².